The Morgan fingerprint density at radius 1 is 1.46 bits per heavy atom. The van der Waals surface area contributed by atoms with E-state index < -0.39 is 11.9 Å². The average molecular weight is 360 g/mol. The van der Waals surface area contributed by atoms with Crippen LogP contribution < -0.4 is 10.6 Å². The summed E-state index contributed by atoms with van der Waals surface area (Å²) in [5.74, 6) is 1.80. The molecule has 0 fully saturated rings. The number of nitrogens with one attached hydrogen (secondary N) is 2. The number of aliphatic hydroxyl groups excluding tert-OH is 1. The van der Waals surface area contributed by atoms with Gasteiger partial charge in [0, 0.05) is 18.7 Å². The third-order valence-corrected chi connectivity index (χ3v) is 4.32. The second kappa shape index (κ2) is 8.27. The van der Waals surface area contributed by atoms with Gasteiger partial charge in [0.1, 0.15) is 23.6 Å². The van der Waals surface area contributed by atoms with E-state index in [0.717, 1.165) is 31.0 Å². The largest absolute Gasteiger partial charge is 0.386 e. The fourth-order valence-electron chi connectivity index (χ4n) is 3.11. The molecule has 0 amide bonds. The zero-order chi connectivity index (χ0) is 18.5. The Hall–Kier alpha value is -2.48. The molecule has 0 spiro atoms. The highest BCUT2D eigenvalue weighted by molar-refractivity contribution is 5.80. The summed E-state index contributed by atoms with van der Waals surface area (Å²) < 4.78 is 15.7. The highest BCUT2D eigenvalue weighted by Crippen LogP contribution is 2.23. The number of aromatic nitrogens is 3. The summed E-state index contributed by atoms with van der Waals surface area (Å²) in [5.41, 5.74) is 0.250. The first-order chi connectivity index (χ1) is 12.6. The summed E-state index contributed by atoms with van der Waals surface area (Å²) in [7, 11) is 0. The molecule has 2 unspecified atom stereocenters. The number of hydrogen-bond acceptors (Lipinski definition) is 4. The van der Waals surface area contributed by atoms with E-state index >= 15 is 0 Å². The van der Waals surface area contributed by atoms with Gasteiger partial charge < -0.3 is 15.7 Å². The van der Waals surface area contributed by atoms with Crippen molar-refractivity contribution in [2.24, 2.45) is 4.99 Å². The van der Waals surface area contributed by atoms with Crippen molar-refractivity contribution < 1.29 is 9.50 Å². The summed E-state index contributed by atoms with van der Waals surface area (Å²) >= 11 is 0. The molecule has 1 aliphatic rings. The molecule has 0 saturated heterocycles. The van der Waals surface area contributed by atoms with Crippen LogP contribution in [0.5, 0.6) is 0 Å². The Balaban J connectivity index is 1.71. The Kier molecular flexibility index (Phi) is 5.82. The number of aliphatic hydroxyl groups is 1. The number of rotatable bonds is 5. The zero-order valence-electron chi connectivity index (χ0n) is 15.1. The maximum absolute atomic E-state index is 13.8. The van der Waals surface area contributed by atoms with E-state index in [9.17, 15) is 9.50 Å². The third kappa shape index (κ3) is 4.19. The van der Waals surface area contributed by atoms with E-state index in [4.69, 9.17) is 0 Å². The molecular weight excluding hydrogens is 335 g/mol. The number of benzene rings is 1. The monoisotopic (exact) mass is 360 g/mol. The van der Waals surface area contributed by atoms with Crippen molar-refractivity contribution in [1.29, 1.82) is 0 Å². The summed E-state index contributed by atoms with van der Waals surface area (Å²) in [6, 6.07) is 6.21. The molecule has 2 atom stereocenters. The molecule has 3 rings (SSSR count). The third-order valence-electron chi connectivity index (χ3n) is 4.32. The van der Waals surface area contributed by atoms with Crippen molar-refractivity contribution in [3.63, 3.8) is 0 Å². The summed E-state index contributed by atoms with van der Waals surface area (Å²) in [5, 5.41) is 21.2. The second-order valence-corrected chi connectivity index (χ2v) is 6.34. The van der Waals surface area contributed by atoms with Crippen molar-refractivity contribution in [3.8, 4) is 0 Å². The van der Waals surface area contributed by atoms with Crippen LogP contribution in [-0.2, 0) is 6.54 Å². The van der Waals surface area contributed by atoms with Gasteiger partial charge in [-0.2, -0.15) is 5.10 Å². The number of aryl methyl sites for hydroxylation is 2. The van der Waals surface area contributed by atoms with Gasteiger partial charge in [-0.1, -0.05) is 18.2 Å². The van der Waals surface area contributed by atoms with Crippen molar-refractivity contribution in [2.75, 3.05) is 13.1 Å². The lowest BCUT2D eigenvalue weighted by atomic mass is 10.1. The first-order valence-corrected chi connectivity index (χ1v) is 8.97. The molecule has 140 valence electrons. The molecule has 2 aromatic rings. The van der Waals surface area contributed by atoms with Crippen molar-refractivity contribution in [2.45, 2.75) is 45.4 Å². The van der Waals surface area contributed by atoms with Gasteiger partial charge in [-0.25, -0.2) is 14.1 Å². The van der Waals surface area contributed by atoms with E-state index in [2.05, 4.69) is 25.7 Å². The molecule has 26 heavy (non-hydrogen) atoms. The maximum Gasteiger partial charge on any atom is 0.191 e. The quantitative estimate of drug-likeness (QED) is 0.559. The fourth-order valence-corrected chi connectivity index (χ4v) is 3.11. The Bertz CT molecular complexity index is 775. The Labute approximate surface area is 152 Å². The van der Waals surface area contributed by atoms with E-state index in [1.807, 2.05) is 18.5 Å². The molecule has 1 aliphatic heterocycles. The molecule has 1 aromatic heterocycles. The normalized spacial score (nSPS) is 18.3. The minimum Gasteiger partial charge on any atom is -0.386 e. The van der Waals surface area contributed by atoms with E-state index in [1.54, 1.807) is 18.2 Å². The minimum atomic E-state index is -0.996. The summed E-state index contributed by atoms with van der Waals surface area (Å²) in [6.45, 7) is 5.47. The van der Waals surface area contributed by atoms with Crippen molar-refractivity contribution in [1.82, 2.24) is 25.4 Å². The predicted molar refractivity (Wildman–Crippen MR) is 97.2 cm³/mol. The van der Waals surface area contributed by atoms with Gasteiger partial charge in [0.15, 0.2) is 5.96 Å². The van der Waals surface area contributed by atoms with Gasteiger partial charge in [-0.15, -0.1) is 0 Å². The molecule has 0 aliphatic carbocycles. The van der Waals surface area contributed by atoms with Gasteiger partial charge in [0.05, 0.1) is 12.6 Å². The predicted octanol–water partition coefficient (Wildman–Crippen LogP) is 1.85. The number of aliphatic imine (C=N–C) groups is 1. The minimum absolute atomic E-state index is 0.00774. The van der Waals surface area contributed by atoms with Crippen LogP contribution in [0.25, 0.3) is 0 Å². The second-order valence-electron chi connectivity index (χ2n) is 6.34. The van der Waals surface area contributed by atoms with Gasteiger partial charge in [0.25, 0.3) is 0 Å². The van der Waals surface area contributed by atoms with E-state index in [-0.39, 0.29) is 18.2 Å². The average Bonchev–Trinajstić information content (AvgIpc) is 3.01. The number of guanidine groups is 1. The van der Waals surface area contributed by atoms with Gasteiger partial charge in [0.2, 0.25) is 0 Å². The van der Waals surface area contributed by atoms with Crippen LogP contribution >= 0.6 is 0 Å². The number of fused-ring (bicyclic) bond motifs is 1. The smallest absolute Gasteiger partial charge is 0.191 e. The van der Waals surface area contributed by atoms with Gasteiger partial charge in [-0.05, 0) is 32.8 Å². The molecule has 2 heterocycles. The lowest BCUT2D eigenvalue weighted by Crippen LogP contribution is -2.41. The zero-order valence-corrected chi connectivity index (χ0v) is 15.1. The highest BCUT2D eigenvalue weighted by Gasteiger charge is 2.24. The number of nitrogens with zero attached hydrogens (tertiary/aromatic N) is 4. The lowest BCUT2D eigenvalue weighted by Gasteiger charge is -2.25. The van der Waals surface area contributed by atoms with Gasteiger partial charge >= 0.3 is 0 Å². The molecule has 8 heteroatoms. The van der Waals surface area contributed by atoms with Gasteiger partial charge in [-0.3, -0.25) is 4.99 Å². The molecule has 0 saturated carbocycles. The first kappa shape index (κ1) is 18.3. The first-order valence-electron chi connectivity index (χ1n) is 8.97. The summed E-state index contributed by atoms with van der Waals surface area (Å²) in [6.07, 6.45) is 0.937. The molecule has 0 radical (unpaired) electrons. The molecule has 0 bridgehead atoms. The topological polar surface area (TPSA) is 87.4 Å². The van der Waals surface area contributed by atoms with Crippen LogP contribution in [0.2, 0.25) is 0 Å². The van der Waals surface area contributed by atoms with Crippen molar-refractivity contribution >= 4 is 5.96 Å². The van der Waals surface area contributed by atoms with Crippen LogP contribution in [0.4, 0.5) is 4.39 Å². The standard InChI is InChI=1S/C18H25FN6O/c1-3-20-18(21-11-16(26)13-7-4-5-8-14(13)19)23-15-9-6-10-25-17(15)22-12(2)24-25/h4-5,7-8,15-16,26H,3,6,9-11H2,1-2H3,(H2,20,21,23). The van der Waals surface area contributed by atoms with Crippen LogP contribution in [0.3, 0.4) is 0 Å². The van der Waals surface area contributed by atoms with Crippen LogP contribution in [0, 0.1) is 12.7 Å². The molecule has 3 N–H and O–H groups in total. The lowest BCUT2D eigenvalue weighted by molar-refractivity contribution is 0.182. The summed E-state index contributed by atoms with van der Waals surface area (Å²) in [4.78, 5) is 8.93. The Morgan fingerprint density at radius 3 is 3.04 bits per heavy atom. The molecular formula is C18H25FN6O. The molecule has 1 aromatic carbocycles. The van der Waals surface area contributed by atoms with Crippen molar-refractivity contribution in [3.05, 3.63) is 47.3 Å². The SMILES string of the molecule is CCNC(=NCC(O)c1ccccc1F)NC1CCCn2nc(C)nc21. The highest BCUT2D eigenvalue weighted by atomic mass is 19.1. The van der Waals surface area contributed by atoms with Crippen LogP contribution in [0.1, 0.15) is 49.1 Å². The van der Waals surface area contributed by atoms with Crippen LogP contribution in [-0.4, -0.2) is 38.9 Å². The van der Waals surface area contributed by atoms with E-state index in [1.165, 1.54) is 6.07 Å². The van der Waals surface area contributed by atoms with Crippen LogP contribution in [0.15, 0.2) is 29.3 Å². The number of hydrogen-bond donors (Lipinski definition) is 3. The van der Waals surface area contributed by atoms with E-state index in [0.29, 0.717) is 12.5 Å². The maximum atomic E-state index is 13.8. The molecule has 7 nitrogen and oxygen atoms in total. The number of halogens is 1. The Morgan fingerprint density at radius 2 is 2.27 bits per heavy atom. The fraction of sp³-hybridized carbons (Fsp3) is 0.500.